The Kier molecular flexibility index (Phi) is 6.80. The highest BCUT2D eigenvalue weighted by molar-refractivity contribution is 5.15. The van der Waals surface area contributed by atoms with Crippen LogP contribution in [0.3, 0.4) is 0 Å². The zero-order valence-electron chi connectivity index (χ0n) is 16.1. The molecule has 2 aromatic rings. The van der Waals surface area contributed by atoms with Gasteiger partial charge in [0.1, 0.15) is 12.2 Å². The number of benzene rings is 2. The van der Waals surface area contributed by atoms with Crippen molar-refractivity contribution in [3.8, 4) is 0 Å². The third kappa shape index (κ3) is 5.75. The second kappa shape index (κ2) is 9.29. The summed E-state index contributed by atoms with van der Waals surface area (Å²) in [5.41, 5.74) is 2.37. The van der Waals surface area contributed by atoms with Gasteiger partial charge in [-0.1, -0.05) is 66.7 Å². The zero-order chi connectivity index (χ0) is 19.1. The summed E-state index contributed by atoms with van der Waals surface area (Å²) in [6, 6.07) is 20.4. The number of hydrogen-bond donors (Lipinski definition) is 1. The molecular formula is C23H29NO3. The van der Waals surface area contributed by atoms with Crippen LogP contribution in [0, 0.1) is 0 Å². The summed E-state index contributed by atoms with van der Waals surface area (Å²) >= 11 is 0. The normalized spacial score (nSPS) is 22.4. The van der Waals surface area contributed by atoms with Gasteiger partial charge < -0.3 is 19.5 Å². The second-order valence-corrected chi connectivity index (χ2v) is 7.27. The van der Waals surface area contributed by atoms with E-state index in [1.807, 2.05) is 56.3 Å². The monoisotopic (exact) mass is 367 g/mol. The SMILES string of the molecule is C=C[C@H](NCc1ccccc1)[C@@H]1OC(C)(C)OC1COCc1ccccc1. The van der Waals surface area contributed by atoms with Gasteiger partial charge in [0, 0.05) is 6.54 Å². The van der Waals surface area contributed by atoms with Gasteiger partial charge in [0.25, 0.3) is 0 Å². The maximum atomic E-state index is 6.17. The first-order valence-electron chi connectivity index (χ1n) is 9.44. The molecule has 2 aromatic carbocycles. The van der Waals surface area contributed by atoms with Crippen LogP contribution in [0.5, 0.6) is 0 Å². The Balaban J connectivity index is 1.58. The van der Waals surface area contributed by atoms with E-state index in [0.717, 1.165) is 12.1 Å². The Bertz CT molecular complexity index is 702. The molecule has 1 saturated heterocycles. The van der Waals surface area contributed by atoms with Gasteiger partial charge >= 0.3 is 0 Å². The lowest BCUT2D eigenvalue weighted by Crippen LogP contribution is -2.45. The van der Waals surface area contributed by atoms with E-state index in [2.05, 4.69) is 36.2 Å². The van der Waals surface area contributed by atoms with Crippen LogP contribution in [0.4, 0.5) is 0 Å². The molecule has 0 radical (unpaired) electrons. The van der Waals surface area contributed by atoms with Gasteiger partial charge in [-0.25, -0.2) is 0 Å². The predicted octanol–water partition coefficient (Wildman–Crippen LogP) is 4.07. The van der Waals surface area contributed by atoms with Gasteiger partial charge in [0.15, 0.2) is 5.79 Å². The molecule has 0 bridgehead atoms. The zero-order valence-corrected chi connectivity index (χ0v) is 16.1. The summed E-state index contributed by atoms with van der Waals surface area (Å²) in [7, 11) is 0. The quantitative estimate of drug-likeness (QED) is 0.678. The molecule has 0 aliphatic carbocycles. The van der Waals surface area contributed by atoms with Crippen molar-refractivity contribution in [2.24, 2.45) is 0 Å². The minimum absolute atomic E-state index is 0.0303. The Labute approximate surface area is 162 Å². The first-order valence-corrected chi connectivity index (χ1v) is 9.44. The molecule has 144 valence electrons. The van der Waals surface area contributed by atoms with Gasteiger partial charge in [0.05, 0.1) is 19.3 Å². The fourth-order valence-corrected chi connectivity index (χ4v) is 3.33. The van der Waals surface area contributed by atoms with Crippen LogP contribution < -0.4 is 5.32 Å². The average Bonchev–Trinajstić information content (AvgIpc) is 2.98. The molecule has 1 aliphatic rings. The molecule has 0 aromatic heterocycles. The Morgan fingerprint density at radius 2 is 1.67 bits per heavy atom. The highest BCUT2D eigenvalue weighted by atomic mass is 16.8. The largest absolute Gasteiger partial charge is 0.374 e. The Morgan fingerprint density at radius 1 is 1.04 bits per heavy atom. The van der Waals surface area contributed by atoms with Crippen molar-refractivity contribution in [3.63, 3.8) is 0 Å². The predicted molar refractivity (Wildman–Crippen MR) is 107 cm³/mol. The van der Waals surface area contributed by atoms with E-state index in [1.54, 1.807) is 0 Å². The topological polar surface area (TPSA) is 39.7 Å². The molecule has 27 heavy (non-hydrogen) atoms. The lowest BCUT2D eigenvalue weighted by molar-refractivity contribution is -0.152. The second-order valence-electron chi connectivity index (χ2n) is 7.27. The van der Waals surface area contributed by atoms with Gasteiger partial charge in [0.2, 0.25) is 0 Å². The summed E-state index contributed by atoms with van der Waals surface area (Å²) < 4.78 is 18.2. The van der Waals surface area contributed by atoms with Crippen molar-refractivity contribution in [3.05, 3.63) is 84.4 Å². The maximum Gasteiger partial charge on any atom is 0.163 e. The first-order chi connectivity index (χ1) is 13.1. The van der Waals surface area contributed by atoms with Crippen molar-refractivity contribution in [1.29, 1.82) is 0 Å². The molecule has 3 rings (SSSR count). The van der Waals surface area contributed by atoms with Crippen molar-refractivity contribution in [1.82, 2.24) is 5.32 Å². The van der Waals surface area contributed by atoms with E-state index < -0.39 is 5.79 Å². The van der Waals surface area contributed by atoms with E-state index in [4.69, 9.17) is 14.2 Å². The smallest absolute Gasteiger partial charge is 0.163 e. The van der Waals surface area contributed by atoms with Crippen LogP contribution >= 0.6 is 0 Å². The van der Waals surface area contributed by atoms with Crippen LogP contribution in [0.25, 0.3) is 0 Å². The minimum Gasteiger partial charge on any atom is -0.374 e. The molecule has 1 unspecified atom stereocenters. The molecule has 3 atom stereocenters. The van der Waals surface area contributed by atoms with Gasteiger partial charge in [-0.2, -0.15) is 0 Å². The van der Waals surface area contributed by atoms with E-state index in [0.29, 0.717) is 13.2 Å². The van der Waals surface area contributed by atoms with E-state index in [1.165, 1.54) is 5.56 Å². The molecule has 1 aliphatic heterocycles. The molecule has 0 saturated carbocycles. The molecule has 1 heterocycles. The summed E-state index contributed by atoms with van der Waals surface area (Å²) in [5.74, 6) is -0.638. The lowest BCUT2D eigenvalue weighted by atomic mass is 10.1. The molecule has 1 fully saturated rings. The van der Waals surface area contributed by atoms with Crippen LogP contribution in [0.15, 0.2) is 73.3 Å². The molecular weight excluding hydrogens is 338 g/mol. The number of ether oxygens (including phenoxy) is 3. The first kappa shape index (κ1) is 19.8. The molecule has 1 N–H and O–H groups in total. The summed E-state index contributed by atoms with van der Waals surface area (Å²) in [6.07, 6.45) is 1.58. The van der Waals surface area contributed by atoms with Crippen LogP contribution in [0.1, 0.15) is 25.0 Å². The van der Waals surface area contributed by atoms with E-state index >= 15 is 0 Å². The van der Waals surface area contributed by atoms with E-state index in [-0.39, 0.29) is 18.2 Å². The average molecular weight is 367 g/mol. The van der Waals surface area contributed by atoms with Gasteiger partial charge in [-0.3, -0.25) is 0 Å². The molecule has 0 spiro atoms. The summed E-state index contributed by atoms with van der Waals surface area (Å²) in [5, 5.41) is 3.52. The minimum atomic E-state index is -0.638. The Hall–Kier alpha value is -1.98. The third-order valence-electron chi connectivity index (χ3n) is 4.61. The lowest BCUT2D eigenvalue weighted by Gasteiger charge is -2.25. The highest BCUT2D eigenvalue weighted by Gasteiger charge is 2.44. The molecule has 4 heteroatoms. The number of nitrogens with one attached hydrogen (secondary N) is 1. The standard InChI is InChI=1S/C23H29NO3/c1-4-20(24-15-18-11-7-5-8-12-18)22-21(26-23(2,3)27-22)17-25-16-19-13-9-6-10-14-19/h4-14,20-22,24H,1,15-17H2,2-3H3/t20-,21?,22-/m0/s1. The summed E-state index contributed by atoms with van der Waals surface area (Å²) in [4.78, 5) is 0. The maximum absolute atomic E-state index is 6.17. The number of rotatable bonds is 9. The Morgan fingerprint density at radius 3 is 2.30 bits per heavy atom. The van der Waals surface area contributed by atoms with Crippen molar-refractivity contribution < 1.29 is 14.2 Å². The fraction of sp³-hybridized carbons (Fsp3) is 0.391. The molecule has 0 amide bonds. The van der Waals surface area contributed by atoms with E-state index in [9.17, 15) is 0 Å². The van der Waals surface area contributed by atoms with Crippen LogP contribution in [0.2, 0.25) is 0 Å². The van der Waals surface area contributed by atoms with Crippen molar-refractivity contribution in [2.75, 3.05) is 6.61 Å². The van der Waals surface area contributed by atoms with Crippen LogP contribution in [-0.4, -0.2) is 30.6 Å². The summed E-state index contributed by atoms with van der Waals surface area (Å²) in [6.45, 7) is 9.64. The van der Waals surface area contributed by atoms with Gasteiger partial charge in [-0.05, 0) is 25.0 Å². The van der Waals surface area contributed by atoms with Crippen molar-refractivity contribution in [2.45, 2.75) is 51.0 Å². The fourth-order valence-electron chi connectivity index (χ4n) is 3.33. The number of hydrogen-bond acceptors (Lipinski definition) is 4. The molecule has 4 nitrogen and oxygen atoms in total. The third-order valence-corrected chi connectivity index (χ3v) is 4.61. The van der Waals surface area contributed by atoms with Gasteiger partial charge in [-0.15, -0.1) is 6.58 Å². The van der Waals surface area contributed by atoms with Crippen molar-refractivity contribution >= 4 is 0 Å². The highest BCUT2D eigenvalue weighted by Crippen LogP contribution is 2.30. The van der Waals surface area contributed by atoms with Crippen LogP contribution in [-0.2, 0) is 27.4 Å².